The van der Waals surface area contributed by atoms with Gasteiger partial charge in [0.1, 0.15) is 5.78 Å². The third kappa shape index (κ3) is 2.11. The Labute approximate surface area is 80.3 Å². The van der Waals surface area contributed by atoms with E-state index in [4.69, 9.17) is 5.11 Å². The van der Waals surface area contributed by atoms with E-state index in [-0.39, 0.29) is 24.2 Å². The first-order valence-corrected chi connectivity index (χ1v) is 5.22. The summed E-state index contributed by atoms with van der Waals surface area (Å²) in [6, 6.07) is 0. The van der Waals surface area contributed by atoms with E-state index in [1.165, 1.54) is 0 Å². The van der Waals surface area contributed by atoms with Gasteiger partial charge in [-0.1, -0.05) is 20.8 Å². The minimum atomic E-state index is -0.0962. The third-order valence-corrected chi connectivity index (χ3v) is 3.35. The molecular formula is C11H20O2. The van der Waals surface area contributed by atoms with Crippen LogP contribution in [0.3, 0.4) is 0 Å². The highest BCUT2D eigenvalue weighted by Crippen LogP contribution is 2.34. The smallest absolute Gasteiger partial charge is 0.141 e. The second-order valence-electron chi connectivity index (χ2n) is 4.60. The molecule has 0 bridgehead atoms. The molecule has 0 heterocycles. The van der Waals surface area contributed by atoms with Gasteiger partial charge in [-0.05, 0) is 24.7 Å². The molecule has 0 aliphatic heterocycles. The minimum absolute atomic E-state index is 0.0310. The number of carbonyl (C=O) groups is 1. The van der Waals surface area contributed by atoms with Gasteiger partial charge in [-0.25, -0.2) is 0 Å². The van der Waals surface area contributed by atoms with Gasteiger partial charge in [-0.15, -0.1) is 0 Å². The SMILES string of the molecule is CC(C)[C@@H]1CC[C@@H](C)[C@@H](CO)C1=O. The fourth-order valence-corrected chi connectivity index (χ4v) is 2.27. The zero-order chi connectivity index (χ0) is 10.0. The topological polar surface area (TPSA) is 37.3 Å². The van der Waals surface area contributed by atoms with Crippen molar-refractivity contribution in [1.29, 1.82) is 0 Å². The molecule has 1 saturated carbocycles. The number of ketones is 1. The average Bonchev–Trinajstić information content (AvgIpc) is 2.04. The summed E-state index contributed by atoms with van der Waals surface area (Å²) in [7, 11) is 0. The van der Waals surface area contributed by atoms with E-state index in [1.54, 1.807) is 0 Å². The highest BCUT2D eigenvalue weighted by molar-refractivity contribution is 5.84. The highest BCUT2D eigenvalue weighted by atomic mass is 16.3. The number of Topliss-reactive ketones (excluding diaryl/α,β-unsaturated/α-hetero) is 1. The Hall–Kier alpha value is -0.370. The molecule has 76 valence electrons. The van der Waals surface area contributed by atoms with Gasteiger partial charge in [0.05, 0.1) is 6.61 Å². The predicted octanol–water partition coefficient (Wildman–Crippen LogP) is 1.87. The van der Waals surface area contributed by atoms with Crippen LogP contribution in [0.2, 0.25) is 0 Å². The van der Waals surface area contributed by atoms with Crippen molar-refractivity contribution in [2.24, 2.45) is 23.7 Å². The zero-order valence-electron chi connectivity index (χ0n) is 8.79. The molecule has 2 heteroatoms. The summed E-state index contributed by atoms with van der Waals surface area (Å²) >= 11 is 0. The van der Waals surface area contributed by atoms with Crippen LogP contribution in [-0.4, -0.2) is 17.5 Å². The van der Waals surface area contributed by atoms with E-state index in [2.05, 4.69) is 20.8 Å². The molecule has 0 unspecified atom stereocenters. The lowest BCUT2D eigenvalue weighted by Crippen LogP contribution is -2.38. The molecule has 0 aromatic rings. The van der Waals surface area contributed by atoms with Gasteiger partial charge >= 0.3 is 0 Å². The Morgan fingerprint density at radius 2 is 2.08 bits per heavy atom. The van der Waals surface area contributed by atoms with E-state index < -0.39 is 0 Å². The van der Waals surface area contributed by atoms with Crippen molar-refractivity contribution < 1.29 is 9.90 Å². The molecule has 1 N–H and O–H groups in total. The molecule has 0 radical (unpaired) electrons. The standard InChI is InChI=1S/C11H20O2/c1-7(2)9-5-4-8(3)10(6-12)11(9)13/h7-10,12H,4-6H2,1-3H3/t8-,9+,10-/m1/s1. The first-order valence-electron chi connectivity index (χ1n) is 5.22. The van der Waals surface area contributed by atoms with Crippen LogP contribution < -0.4 is 0 Å². The summed E-state index contributed by atoms with van der Waals surface area (Å²) in [5.41, 5.74) is 0. The van der Waals surface area contributed by atoms with Gasteiger partial charge in [0.2, 0.25) is 0 Å². The Kier molecular flexibility index (Phi) is 3.48. The quantitative estimate of drug-likeness (QED) is 0.711. The van der Waals surface area contributed by atoms with Crippen molar-refractivity contribution >= 4 is 5.78 Å². The van der Waals surface area contributed by atoms with Crippen LogP contribution in [0.4, 0.5) is 0 Å². The lowest BCUT2D eigenvalue weighted by molar-refractivity contribution is -0.134. The predicted molar refractivity (Wildman–Crippen MR) is 52.3 cm³/mol. The van der Waals surface area contributed by atoms with Gasteiger partial charge in [-0.2, -0.15) is 0 Å². The molecule has 0 amide bonds. The summed E-state index contributed by atoms with van der Waals surface area (Å²) in [4.78, 5) is 11.8. The minimum Gasteiger partial charge on any atom is -0.396 e. The largest absolute Gasteiger partial charge is 0.396 e. The van der Waals surface area contributed by atoms with Crippen LogP contribution in [0, 0.1) is 23.7 Å². The molecule has 0 aromatic heterocycles. The molecule has 3 atom stereocenters. The van der Waals surface area contributed by atoms with Crippen molar-refractivity contribution in [3.05, 3.63) is 0 Å². The molecule has 1 fully saturated rings. The summed E-state index contributed by atoms with van der Waals surface area (Å²) < 4.78 is 0. The fourth-order valence-electron chi connectivity index (χ4n) is 2.27. The van der Waals surface area contributed by atoms with Crippen LogP contribution in [0.5, 0.6) is 0 Å². The summed E-state index contributed by atoms with van der Waals surface area (Å²) in [5.74, 6) is 1.17. The lowest BCUT2D eigenvalue weighted by Gasteiger charge is -2.33. The fraction of sp³-hybridized carbons (Fsp3) is 0.909. The van der Waals surface area contributed by atoms with E-state index in [9.17, 15) is 4.79 Å². The molecular weight excluding hydrogens is 164 g/mol. The molecule has 1 rings (SSSR count). The van der Waals surface area contributed by atoms with Crippen LogP contribution in [-0.2, 0) is 4.79 Å². The van der Waals surface area contributed by atoms with Crippen LogP contribution >= 0.6 is 0 Å². The first kappa shape index (κ1) is 10.7. The van der Waals surface area contributed by atoms with E-state index in [0.717, 1.165) is 12.8 Å². The van der Waals surface area contributed by atoms with Crippen LogP contribution in [0.25, 0.3) is 0 Å². The number of hydrogen-bond donors (Lipinski definition) is 1. The van der Waals surface area contributed by atoms with Crippen molar-refractivity contribution in [1.82, 2.24) is 0 Å². The molecule has 0 aromatic carbocycles. The Morgan fingerprint density at radius 1 is 1.46 bits per heavy atom. The van der Waals surface area contributed by atoms with E-state index >= 15 is 0 Å². The Balaban J connectivity index is 2.69. The van der Waals surface area contributed by atoms with Crippen molar-refractivity contribution in [3.63, 3.8) is 0 Å². The molecule has 1 aliphatic rings. The number of aliphatic hydroxyl groups excluding tert-OH is 1. The Bertz CT molecular complexity index is 183. The third-order valence-electron chi connectivity index (χ3n) is 3.35. The van der Waals surface area contributed by atoms with Crippen molar-refractivity contribution in [2.45, 2.75) is 33.6 Å². The average molecular weight is 184 g/mol. The lowest BCUT2D eigenvalue weighted by atomic mass is 9.70. The van der Waals surface area contributed by atoms with Crippen LogP contribution in [0.1, 0.15) is 33.6 Å². The summed E-state index contributed by atoms with van der Waals surface area (Å²) in [5, 5.41) is 9.11. The second-order valence-corrected chi connectivity index (χ2v) is 4.60. The van der Waals surface area contributed by atoms with Gasteiger partial charge in [0, 0.05) is 11.8 Å². The zero-order valence-corrected chi connectivity index (χ0v) is 8.79. The monoisotopic (exact) mass is 184 g/mol. The van der Waals surface area contributed by atoms with Crippen molar-refractivity contribution in [2.75, 3.05) is 6.61 Å². The van der Waals surface area contributed by atoms with Gasteiger partial charge in [-0.3, -0.25) is 4.79 Å². The van der Waals surface area contributed by atoms with E-state index in [0.29, 0.717) is 11.8 Å². The van der Waals surface area contributed by atoms with Crippen molar-refractivity contribution in [3.8, 4) is 0 Å². The number of hydrogen-bond acceptors (Lipinski definition) is 2. The number of rotatable bonds is 2. The maximum Gasteiger partial charge on any atom is 0.141 e. The van der Waals surface area contributed by atoms with Gasteiger partial charge < -0.3 is 5.11 Å². The summed E-state index contributed by atoms with van der Waals surface area (Å²) in [6.45, 7) is 6.28. The van der Waals surface area contributed by atoms with Gasteiger partial charge in [0.25, 0.3) is 0 Å². The number of carbonyl (C=O) groups excluding carboxylic acids is 1. The van der Waals surface area contributed by atoms with Crippen LogP contribution in [0.15, 0.2) is 0 Å². The van der Waals surface area contributed by atoms with Gasteiger partial charge in [0.15, 0.2) is 0 Å². The maximum atomic E-state index is 11.8. The molecule has 2 nitrogen and oxygen atoms in total. The summed E-state index contributed by atoms with van der Waals surface area (Å²) in [6.07, 6.45) is 2.09. The second kappa shape index (κ2) is 4.23. The number of aliphatic hydroxyl groups is 1. The molecule has 0 spiro atoms. The first-order chi connectivity index (χ1) is 6.07. The normalized spacial score (nSPS) is 35.5. The molecule has 13 heavy (non-hydrogen) atoms. The van der Waals surface area contributed by atoms with E-state index in [1.807, 2.05) is 0 Å². The molecule has 0 saturated heterocycles. The maximum absolute atomic E-state index is 11.8. The molecule has 1 aliphatic carbocycles. The highest BCUT2D eigenvalue weighted by Gasteiger charge is 2.36. The Morgan fingerprint density at radius 3 is 2.54 bits per heavy atom.